The average Bonchev–Trinajstić information content (AvgIpc) is 2.36. The summed E-state index contributed by atoms with van der Waals surface area (Å²) in [6.45, 7) is 7.36. The zero-order valence-corrected chi connectivity index (χ0v) is 11.9. The van der Waals surface area contributed by atoms with Crippen LogP contribution in [0.4, 0.5) is 0 Å². The summed E-state index contributed by atoms with van der Waals surface area (Å²) in [7, 11) is 0. The minimum absolute atomic E-state index is 0.504. The molecule has 2 rings (SSSR count). The van der Waals surface area contributed by atoms with Crippen LogP contribution in [0.3, 0.4) is 0 Å². The van der Waals surface area contributed by atoms with Gasteiger partial charge in [-0.25, -0.2) is 0 Å². The van der Waals surface area contributed by atoms with Gasteiger partial charge in [-0.15, -0.1) is 0 Å². The van der Waals surface area contributed by atoms with Crippen molar-refractivity contribution in [1.82, 2.24) is 0 Å². The molecule has 0 saturated heterocycles. The molecule has 2 nitrogen and oxygen atoms in total. The molecule has 0 atom stereocenters. The molecule has 2 aromatic carbocycles. The number of aryl methyl sites for hydroxylation is 3. The molecule has 0 saturated carbocycles. The van der Waals surface area contributed by atoms with Gasteiger partial charge >= 0.3 is 0 Å². The monoisotopic (exact) mass is 255 g/mol. The fourth-order valence-corrected chi connectivity index (χ4v) is 2.32. The number of ether oxygens (including phenoxy) is 1. The van der Waals surface area contributed by atoms with Crippen molar-refractivity contribution < 1.29 is 4.74 Å². The van der Waals surface area contributed by atoms with Crippen LogP contribution in [-0.2, 0) is 13.2 Å². The van der Waals surface area contributed by atoms with E-state index in [1.165, 1.54) is 22.3 Å². The number of rotatable bonds is 4. The highest BCUT2D eigenvalue weighted by Crippen LogP contribution is 2.21. The van der Waals surface area contributed by atoms with Crippen LogP contribution in [0, 0.1) is 20.8 Å². The summed E-state index contributed by atoms with van der Waals surface area (Å²) in [5.41, 5.74) is 11.7. The summed E-state index contributed by atoms with van der Waals surface area (Å²) in [5.74, 6) is 0.882. The first-order valence-electron chi connectivity index (χ1n) is 6.58. The molecular formula is C17H21NO. The van der Waals surface area contributed by atoms with Crippen molar-refractivity contribution in [3.63, 3.8) is 0 Å². The molecule has 2 heteroatoms. The van der Waals surface area contributed by atoms with E-state index in [1.54, 1.807) is 0 Å². The molecular weight excluding hydrogens is 234 g/mol. The second kappa shape index (κ2) is 5.89. The smallest absolute Gasteiger partial charge is 0.124 e. The molecule has 0 radical (unpaired) electrons. The molecule has 0 unspecified atom stereocenters. The number of hydrogen-bond acceptors (Lipinski definition) is 2. The maximum absolute atomic E-state index is 5.90. The topological polar surface area (TPSA) is 35.2 Å². The Bertz CT molecular complexity index is 555. The van der Waals surface area contributed by atoms with E-state index in [1.807, 2.05) is 6.07 Å². The Labute approximate surface area is 115 Å². The van der Waals surface area contributed by atoms with Gasteiger partial charge in [-0.3, -0.25) is 0 Å². The van der Waals surface area contributed by atoms with Gasteiger partial charge in [0.15, 0.2) is 0 Å². The summed E-state index contributed by atoms with van der Waals surface area (Å²) < 4.78 is 5.90. The average molecular weight is 255 g/mol. The van der Waals surface area contributed by atoms with E-state index in [9.17, 15) is 0 Å². The van der Waals surface area contributed by atoms with Crippen molar-refractivity contribution in [1.29, 1.82) is 0 Å². The highest BCUT2D eigenvalue weighted by atomic mass is 16.5. The van der Waals surface area contributed by atoms with E-state index < -0.39 is 0 Å². The molecule has 0 fully saturated rings. The van der Waals surface area contributed by atoms with Gasteiger partial charge in [-0.1, -0.05) is 47.0 Å². The lowest BCUT2D eigenvalue weighted by Gasteiger charge is -2.12. The van der Waals surface area contributed by atoms with Crippen LogP contribution >= 0.6 is 0 Å². The Balaban J connectivity index is 2.14. The zero-order valence-electron chi connectivity index (χ0n) is 11.9. The molecule has 2 aromatic rings. The van der Waals surface area contributed by atoms with Gasteiger partial charge in [-0.05, 0) is 32.4 Å². The van der Waals surface area contributed by atoms with Crippen molar-refractivity contribution >= 4 is 0 Å². The molecule has 0 aliphatic carbocycles. The largest absolute Gasteiger partial charge is 0.489 e. The predicted molar refractivity (Wildman–Crippen MR) is 79.3 cm³/mol. The molecule has 0 bridgehead atoms. The van der Waals surface area contributed by atoms with Crippen LogP contribution in [0.5, 0.6) is 5.75 Å². The first-order valence-corrected chi connectivity index (χ1v) is 6.58. The summed E-state index contributed by atoms with van der Waals surface area (Å²) in [4.78, 5) is 0. The van der Waals surface area contributed by atoms with Crippen molar-refractivity contribution in [2.24, 2.45) is 5.73 Å². The third-order valence-corrected chi connectivity index (χ3v) is 3.11. The van der Waals surface area contributed by atoms with E-state index in [4.69, 9.17) is 10.5 Å². The fourth-order valence-electron chi connectivity index (χ4n) is 2.32. The Kier molecular flexibility index (Phi) is 4.23. The first-order chi connectivity index (χ1) is 9.08. The molecule has 0 aromatic heterocycles. The van der Waals surface area contributed by atoms with Gasteiger partial charge in [-0.2, -0.15) is 0 Å². The SMILES string of the molecule is Cc1cc(C)cc(COc2ccc(C)cc2CN)c1. The Morgan fingerprint density at radius 1 is 0.895 bits per heavy atom. The first kappa shape index (κ1) is 13.6. The van der Waals surface area contributed by atoms with Crippen LogP contribution in [0.25, 0.3) is 0 Å². The van der Waals surface area contributed by atoms with Gasteiger partial charge < -0.3 is 10.5 Å². The second-order valence-electron chi connectivity index (χ2n) is 5.10. The normalized spacial score (nSPS) is 10.5. The molecule has 2 N–H and O–H groups in total. The number of nitrogens with two attached hydrogens (primary N) is 1. The highest BCUT2D eigenvalue weighted by Gasteiger charge is 2.03. The fraction of sp³-hybridized carbons (Fsp3) is 0.294. The van der Waals surface area contributed by atoms with Gasteiger partial charge in [0.05, 0.1) is 0 Å². The minimum Gasteiger partial charge on any atom is -0.489 e. The lowest BCUT2D eigenvalue weighted by atomic mass is 10.1. The maximum atomic E-state index is 5.90. The summed E-state index contributed by atoms with van der Waals surface area (Å²) >= 11 is 0. The number of benzene rings is 2. The van der Waals surface area contributed by atoms with E-state index in [0.29, 0.717) is 13.2 Å². The standard InChI is InChI=1S/C17H21NO/c1-12-4-5-17(16(9-12)10-18)19-11-15-7-13(2)6-14(3)8-15/h4-9H,10-11,18H2,1-3H3. The van der Waals surface area contributed by atoms with Crippen LogP contribution in [0.15, 0.2) is 36.4 Å². The summed E-state index contributed by atoms with van der Waals surface area (Å²) in [6, 6.07) is 12.6. The molecule has 0 heterocycles. The second-order valence-corrected chi connectivity index (χ2v) is 5.10. The summed E-state index contributed by atoms with van der Waals surface area (Å²) in [6.07, 6.45) is 0. The van der Waals surface area contributed by atoms with Crippen molar-refractivity contribution in [2.75, 3.05) is 0 Å². The van der Waals surface area contributed by atoms with Crippen LogP contribution in [0.2, 0.25) is 0 Å². The van der Waals surface area contributed by atoms with Crippen molar-refractivity contribution in [2.45, 2.75) is 33.9 Å². The number of hydrogen-bond donors (Lipinski definition) is 1. The predicted octanol–water partition coefficient (Wildman–Crippen LogP) is 3.65. The van der Waals surface area contributed by atoms with Gasteiger partial charge in [0, 0.05) is 12.1 Å². The molecule has 19 heavy (non-hydrogen) atoms. The van der Waals surface area contributed by atoms with E-state index >= 15 is 0 Å². The van der Waals surface area contributed by atoms with E-state index in [-0.39, 0.29) is 0 Å². The third-order valence-electron chi connectivity index (χ3n) is 3.11. The molecule has 0 spiro atoms. The van der Waals surface area contributed by atoms with Crippen LogP contribution < -0.4 is 10.5 Å². The Morgan fingerprint density at radius 2 is 1.58 bits per heavy atom. The van der Waals surface area contributed by atoms with Crippen molar-refractivity contribution in [3.05, 3.63) is 64.2 Å². The summed E-state index contributed by atoms with van der Waals surface area (Å²) in [5, 5.41) is 0. The molecule has 100 valence electrons. The minimum atomic E-state index is 0.504. The van der Waals surface area contributed by atoms with Gasteiger partial charge in [0.1, 0.15) is 12.4 Å². The Morgan fingerprint density at radius 3 is 2.21 bits per heavy atom. The maximum Gasteiger partial charge on any atom is 0.124 e. The molecule has 0 aliphatic heterocycles. The van der Waals surface area contributed by atoms with E-state index in [2.05, 4.69) is 51.1 Å². The third kappa shape index (κ3) is 3.58. The molecule has 0 amide bonds. The zero-order chi connectivity index (χ0) is 13.8. The van der Waals surface area contributed by atoms with E-state index in [0.717, 1.165) is 11.3 Å². The quantitative estimate of drug-likeness (QED) is 0.905. The lowest BCUT2D eigenvalue weighted by molar-refractivity contribution is 0.303. The van der Waals surface area contributed by atoms with Gasteiger partial charge in [0.2, 0.25) is 0 Å². The highest BCUT2D eigenvalue weighted by molar-refractivity contribution is 5.37. The van der Waals surface area contributed by atoms with Crippen molar-refractivity contribution in [3.8, 4) is 5.75 Å². The Hall–Kier alpha value is -1.80. The molecule has 0 aliphatic rings. The van der Waals surface area contributed by atoms with Gasteiger partial charge in [0.25, 0.3) is 0 Å². The lowest BCUT2D eigenvalue weighted by Crippen LogP contribution is -2.03. The van der Waals surface area contributed by atoms with Crippen LogP contribution in [-0.4, -0.2) is 0 Å². The van der Waals surface area contributed by atoms with Crippen LogP contribution in [0.1, 0.15) is 27.8 Å².